The number of ether oxygens (including phenoxy) is 1. The molecular formula is C17H15BrN2O. The fourth-order valence-electron chi connectivity index (χ4n) is 2.34. The molecule has 0 fully saturated rings. The molecule has 0 amide bonds. The molecule has 3 N–H and O–H groups in total. The van der Waals surface area contributed by atoms with Gasteiger partial charge in [0.15, 0.2) is 0 Å². The molecule has 0 atom stereocenters. The van der Waals surface area contributed by atoms with Crippen molar-refractivity contribution in [3.05, 3.63) is 59.1 Å². The first-order valence-corrected chi connectivity index (χ1v) is 7.35. The molecule has 0 aromatic heterocycles. The lowest BCUT2D eigenvalue weighted by molar-refractivity contribution is 0.415. The van der Waals surface area contributed by atoms with E-state index in [1.54, 1.807) is 13.2 Å². The summed E-state index contributed by atoms with van der Waals surface area (Å²) in [4.78, 5) is 0. The van der Waals surface area contributed by atoms with Gasteiger partial charge >= 0.3 is 0 Å². The Kier molecular flexibility index (Phi) is 3.71. The maximum atomic E-state index is 5.90. The maximum absolute atomic E-state index is 5.90. The van der Waals surface area contributed by atoms with Crippen LogP contribution >= 0.6 is 15.9 Å². The summed E-state index contributed by atoms with van der Waals surface area (Å²) in [6.45, 7) is 0. The second-order valence-corrected chi connectivity index (χ2v) is 5.61. The SMILES string of the molecule is COc1cc(N)cc(Nc2ccc(Br)c3ccccc23)c1. The third kappa shape index (κ3) is 2.81. The van der Waals surface area contributed by atoms with Crippen LogP contribution in [-0.4, -0.2) is 7.11 Å². The van der Waals surface area contributed by atoms with Gasteiger partial charge in [-0.25, -0.2) is 0 Å². The third-order valence-electron chi connectivity index (χ3n) is 3.31. The van der Waals surface area contributed by atoms with Gasteiger partial charge in [-0.2, -0.15) is 0 Å². The van der Waals surface area contributed by atoms with E-state index >= 15 is 0 Å². The summed E-state index contributed by atoms with van der Waals surface area (Å²) in [5.41, 5.74) is 8.49. The molecule has 0 aliphatic carbocycles. The topological polar surface area (TPSA) is 47.3 Å². The minimum Gasteiger partial charge on any atom is -0.497 e. The zero-order valence-corrected chi connectivity index (χ0v) is 13.1. The maximum Gasteiger partial charge on any atom is 0.122 e. The highest BCUT2D eigenvalue weighted by molar-refractivity contribution is 9.10. The van der Waals surface area contributed by atoms with Crippen molar-refractivity contribution >= 4 is 43.8 Å². The molecule has 0 aliphatic rings. The van der Waals surface area contributed by atoms with Crippen LogP contribution in [0.2, 0.25) is 0 Å². The van der Waals surface area contributed by atoms with Crippen molar-refractivity contribution < 1.29 is 4.74 Å². The van der Waals surface area contributed by atoms with Gasteiger partial charge in [0.05, 0.1) is 7.11 Å². The van der Waals surface area contributed by atoms with Crippen molar-refractivity contribution in [3.8, 4) is 5.75 Å². The van der Waals surface area contributed by atoms with Crippen LogP contribution in [0.1, 0.15) is 0 Å². The van der Waals surface area contributed by atoms with Crippen molar-refractivity contribution in [2.45, 2.75) is 0 Å². The van der Waals surface area contributed by atoms with Gasteiger partial charge in [0.2, 0.25) is 0 Å². The molecule has 0 saturated carbocycles. The van der Waals surface area contributed by atoms with Crippen molar-refractivity contribution in [2.75, 3.05) is 18.2 Å². The average molecular weight is 343 g/mol. The van der Waals surface area contributed by atoms with E-state index in [1.807, 2.05) is 36.4 Å². The Bertz CT molecular complexity index is 802. The smallest absolute Gasteiger partial charge is 0.122 e. The van der Waals surface area contributed by atoms with E-state index < -0.39 is 0 Å². The highest BCUT2D eigenvalue weighted by atomic mass is 79.9. The molecule has 0 saturated heterocycles. The summed E-state index contributed by atoms with van der Waals surface area (Å²) >= 11 is 3.58. The molecule has 0 unspecified atom stereocenters. The molecule has 0 heterocycles. The number of nitrogens with one attached hydrogen (secondary N) is 1. The molecule has 3 aromatic rings. The highest BCUT2D eigenvalue weighted by Crippen LogP contribution is 2.33. The van der Waals surface area contributed by atoms with Gasteiger partial charge in [0.1, 0.15) is 5.75 Å². The standard InChI is InChI=1S/C17H15BrN2O/c1-21-13-9-11(19)8-12(10-13)20-17-7-6-16(18)14-4-2-3-5-15(14)17/h2-10,20H,19H2,1H3. The minimum absolute atomic E-state index is 0.665. The fraction of sp³-hybridized carbons (Fsp3) is 0.0588. The lowest BCUT2D eigenvalue weighted by Gasteiger charge is -2.12. The highest BCUT2D eigenvalue weighted by Gasteiger charge is 2.05. The number of nitrogens with two attached hydrogens (primary N) is 1. The van der Waals surface area contributed by atoms with Crippen LogP contribution in [0.15, 0.2) is 59.1 Å². The summed E-state index contributed by atoms with van der Waals surface area (Å²) in [6.07, 6.45) is 0. The second kappa shape index (κ2) is 5.66. The first kappa shape index (κ1) is 13.8. The number of nitrogen functional groups attached to an aromatic ring is 1. The summed E-state index contributed by atoms with van der Waals surface area (Å²) in [5.74, 6) is 0.735. The molecular weight excluding hydrogens is 328 g/mol. The molecule has 3 aromatic carbocycles. The summed E-state index contributed by atoms with van der Waals surface area (Å²) in [5, 5.41) is 5.72. The van der Waals surface area contributed by atoms with E-state index in [2.05, 4.69) is 33.4 Å². The Morgan fingerprint density at radius 1 is 1.00 bits per heavy atom. The van der Waals surface area contributed by atoms with Gasteiger partial charge in [-0.15, -0.1) is 0 Å². The number of fused-ring (bicyclic) bond motifs is 1. The molecule has 0 bridgehead atoms. The van der Waals surface area contributed by atoms with Crippen LogP contribution in [0.3, 0.4) is 0 Å². The van der Waals surface area contributed by atoms with Crippen LogP contribution < -0.4 is 15.8 Å². The van der Waals surface area contributed by atoms with Crippen LogP contribution in [0.4, 0.5) is 17.1 Å². The molecule has 0 aliphatic heterocycles. The Labute approximate surface area is 131 Å². The van der Waals surface area contributed by atoms with Crippen molar-refractivity contribution in [2.24, 2.45) is 0 Å². The number of halogens is 1. The Morgan fingerprint density at radius 3 is 2.52 bits per heavy atom. The molecule has 3 rings (SSSR count). The van der Waals surface area contributed by atoms with E-state index in [0.29, 0.717) is 5.69 Å². The van der Waals surface area contributed by atoms with Crippen LogP contribution in [0, 0.1) is 0 Å². The van der Waals surface area contributed by atoms with Crippen LogP contribution in [0.25, 0.3) is 10.8 Å². The lowest BCUT2D eigenvalue weighted by atomic mass is 10.1. The number of rotatable bonds is 3. The van der Waals surface area contributed by atoms with E-state index in [9.17, 15) is 0 Å². The van der Waals surface area contributed by atoms with Gasteiger partial charge < -0.3 is 15.8 Å². The summed E-state index contributed by atoms with van der Waals surface area (Å²) < 4.78 is 6.33. The lowest BCUT2D eigenvalue weighted by Crippen LogP contribution is -1.95. The second-order valence-electron chi connectivity index (χ2n) is 4.76. The van der Waals surface area contributed by atoms with Gasteiger partial charge in [-0.1, -0.05) is 40.2 Å². The summed E-state index contributed by atoms with van der Waals surface area (Å²) in [6, 6.07) is 17.9. The molecule has 0 spiro atoms. The average Bonchev–Trinajstić information content (AvgIpc) is 2.50. The third-order valence-corrected chi connectivity index (χ3v) is 4.01. The minimum atomic E-state index is 0.665. The first-order valence-electron chi connectivity index (χ1n) is 6.56. The monoisotopic (exact) mass is 342 g/mol. The quantitative estimate of drug-likeness (QED) is 0.663. The number of hydrogen-bond donors (Lipinski definition) is 2. The number of benzene rings is 3. The zero-order valence-electron chi connectivity index (χ0n) is 11.6. The summed E-state index contributed by atoms with van der Waals surface area (Å²) in [7, 11) is 1.63. The number of anilines is 3. The normalized spacial score (nSPS) is 10.6. The number of hydrogen-bond acceptors (Lipinski definition) is 3. The number of methoxy groups -OCH3 is 1. The predicted octanol–water partition coefficient (Wildman–Crippen LogP) is 4.94. The van der Waals surface area contributed by atoms with Crippen molar-refractivity contribution in [1.82, 2.24) is 0 Å². The van der Waals surface area contributed by atoms with Gasteiger partial charge in [-0.3, -0.25) is 0 Å². The Balaban J connectivity index is 2.06. The van der Waals surface area contributed by atoms with E-state index in [0.717, 1.165) is 27.0 Å². The molecule has 4 heteroatoms. The van der Waals surface area contributed by atoms with E-state index in [4.69, 9.17) is 10.5 Å². The van der Waals surface area contributed by atoms with Crippen LogP contribution in [-0.2, 0) is 0 Å². The van der Waals surface area contributed by atoms with Crippen molar-refractivity contribution in [1.29, 1.82) is 0 Å². The Hall–Kier alpha value is -2.20. The first-order chi connectivity index (χ1) is 10.2. The molecule has 21 heavy (non-hydrogen) atoms. The predicted molar refractivity (Wildman–Crippen MR) is 92.3 cm³/mol. The largest absolute Gasteiger partial charge is 0.497 e. The zero-order chi connectivity index (χ0) is 14.8. The molecule has 3 nitrogen and oxygen atoms in total. The van der Waals surface area contributed by atoms with E-state index in [-0.39, 0.29) is 0 Å². The van der Waals surface area contributed by atoms with Gasteiger partial charge in [0, 0.05) is 39.1 Å². The van der Waals surface area contributed by atoms with Gasteiger partial charge in [0.25, 0.3) is 0 Å². The van der Waals surface area contributed by atoms with E-state index in [1.165, 1.54) is 5.39 Å². The Morgan fingerprint density at radius 2 is 1.76 bits per heavy atom. The van der Waals surface area contributed by atoms with Crippen molar-refractivity contribution in [3.63, 3.8) is 0 Å². The molecule has 106 valence electrons. The van der Waals surface area contributed by atoms with Gasteiger partial charge in [-0.05, 0) is 23.6 Å². The van der Waals surface area contributed by atoms with Crippen LogP contribution in [0.5, 0.6) is 5.75 Å². The fourth-order valence-corrected chi connectivity index (χ4v) is 2.82. The molecule has 0 radical (unpaired) electrons.